The lowest BCUT2D eigenvalue weighted by atomic mass is 9.92. The molecule has 0 aromatic rings. The van der Waals surface area contributed by atoms with Crippen LogP contribution in [0.15, 0.2) is 11.6 Å². The summed E-state index contributed by atoms with van der Waals surface area (Å²) >= 11 is 0. The van der Waals surface area contributed by atoms with E-state index in [-0.39, 0.29) is 0 Å². The zero-order valence-electron chi connectivity index (χ0n) is 10.8. The van der Waals surface area contributed by atoms with Crippen LogP contribution in [0.3, 0.4) is 0 Å². The zero-order valence-corrected chi connectivity index (χ0v) is 10.8. The Morgan fingerprint density at radius 1 is 1.29 bits per heavy atom. The molecule has 0 aromatic heterocycles. The first kappa shape index (κ1) is 13.1. The molecule has 0 bridgehead atoms. The Labute approximate surface area is 105 Å². The molecule has 1 saturated heterocycles. The van der Waals surface area contributed by atoms with Crippen molar-refractivity contribution in [2.24, 2.45) is 5.84 Å². The van der Waals surface area contributed by atoms with E-state index in [1.165, 1.54) is 56.9 Å². The second kappa shape index (κ2) is 7.14. The smallest absolute Gasteiger partial charge is 0.0594 e. The minimum Gasteiger partial charge on any atom is -0.378 e. The number of hydrogen-bond acceptors (Lipinski definition) is 3. The van der Waals surface area contributed by atoms with E-state index in [1.807, 2.05) is 0 Å². The van der Waals surface area contributed by atoms with Crippen LogP contribution < -0.4 is 11.3 Å². The van der Waals surface area contributed by atoms with Crippen LogP contribution in [0.5, 0.6) is 0 Å². The van der Waals surface area contributed by atoms with Gasteiger partial charge in [0.05, 0.1) is 6.10 Å². The van der Waals surface area contributed by atoms with Crippen LogP contribution in [0.4, 0.5) is 0 Å². The lowest BCUT2D eigenvalue weighted by molar-refractivity contribution is 0.0974. The van der Waals surface area contributed by atoms with Crippen LogP contribution in [-0.2, 0) is 4.74 Å². The largest absolute Gasteiger partial charge is 0.378 e. The fourth-order valence-corrected chi connectivity index (χ4v) is 2.95. The third kappa shape index (κ3) is 4.09. The highest BCUT2D eigenvalue weighted by Crippen LogP contribution is 2.24. The van der Waals surface area contributed by atoms with Crippen molar-refractivity contribution in [2.45, 2.75) is 69.9 Å². The Balaban J connectivity index is 1.89. The first-order valence-corrected chi connectivity index (χ1v) is 7.17. The molecule has 0 radical (unpaired) electrons. The van der Waals surface area contributed by atoms with E-state index in [9.17, 15) is 0 Å². The van der Waals surface area contributed by atoms with Gasteiger partial charge in [-0.15, -0.1) is 0 Å². The monoisotopic (exact) mass is 238 g/mol. The van der Waals surface area contributed by atoms with E-state index in [0.717, 1.165) is 13.0 Å². The molecule has 2 atom stereocenters. The van der Waals surface area contributed by atoms with Crippen molar-refractivity contribution in [2.75, 3.05) is 6.61 Å². The quantitative estimate of drug-likeness (QED) is 0.450. The van der Waals surface area contributed by atoms with Gasteiger partial charge in [0.15, 0.2) is 0 Å². The third-order valence-electron chi connectivity index (χ3n) is 4.00. The van der Waals surface area contributed by atoms with Gasteiger partial charge in [-0.05, 0) is 44.9 Å². The summed E-state index contributed by atoms with van der Waals surface area (Å²) in [6, 6.07) is 0.330. The average molecular weight is 238 g/mol. The van der Waals surface area contributed by atoms with Crippen LogP contribution in [-0.4, -0.2) is 18.8 Å². The highest BCUT2D eigenvalue weighted by Gasteiger charge is 2.22. The van der Waals surface area contributed by atoms with Crippen molar-refractivity contribution in [3.05, 3.63) is 11.6 Å². The second-order valence-corrected chi connectivity index (χ2v) is 5.32. The summed E-state index contributed by atoms with van der Waals surface area (Å²) < 4.78 is 5.71. The standard InChI is InChI=1S/C14H26N2O/c15-16-14(11-13-9-6-10-17-13)12-7-4-2-1-3-5-8-12/h7,13-14,16H,1-6,8-11,15H2. The molecule has 1 aliphatic heterocycles. The fraction of sp³-hybridized carbons (Fsp3) is 0.857. The number of nitrogens with one attached hydrogen (secondary N) is 1. The molecule has 17 heavy (non-hydrogen) atoms. The molecule has 1 heterocycles. The molecule has 0 amide bonds. The van der Waals surface area contributed by atoms with Crippen molar-refractivity contribution < 1.29 is 4.74 Å². The molecule has 2 aliphatic rings. The van der Waals surface area contributed by atoms with Crippen molar-refractivity contribution in [1.29, 1.82) is 0 Å². The second-order valence-electron chi connectivity index (χ2n) is 5.32. The molecule has 3 N–H and O–H groups in total. The molecular weight excluding hydrogens is 212 g/mol. The Morgan fingerprint density at radius 2 is 2.18 bits per heavy atom. The van der Waals surface area contributed by atoms with Crippen LogP contribution in [0.1, 0.15) is 57.8 Å². The number of ether oxygens (including phenoxy) is 1. The highest BCUT2D eigenvalue weighted by atomic mass is 16.5. The minimum atomic E-state index is 0.330. The molecule has 0 saturated carbocycles. The zero-order chi connectivity index (χ0) is 11.9. The molecule has 2 unspecified atom stereocenters. The van der Waals surface area contributed by atoms with Gasteiger partial charge in [0.25, 0.3) is 0 Å². The number of rotatable bonds is 4. The van der Waals surface area contributed by atoms with E-state index in [1.54, 1.807) is 0 Å². The molecule has 3 nitrogen and oxygen atoms in total. The van der Waals surface area contributed by atoms with E-state index < -0.39 is 0 Å². The summed E-state index contributed by atoms with van der Waals surface area (Å²) in [6.45, 7) is 0.932. The summed E-state index contributed by atoms with van der Waals surface area (Å²) in [5, 5.41) is 0. The van der Waals surface area contributed by atoms with E-state index >= 15 is 0 Å². The molecule has 3 heteroatoms. The van der Waals surface area contributed by atoms with Gasteiger partial charge in [0, 0.05) is 12.6 Å². The number of hydrazine groups is 1. The first-order valence-electron chi connectivity index (χ1n) is 7.17. The molecule has 0 spiro atoms. The topological polar surface area (TPSA) is 47.3 Å². The minimum absolute atomic E-state index is 0.330. The van der Waals surface area contributed by atoms with Gasteiger partial charge < -0.3 is 4.74 Å². The molecule has 1 fully saturated rings. The van der Waals surface area contributed by atoms with Gasteiger partial charge >= 0.3 is 0 Å². The third-order valence-corrected chi connectivity index (χ3v) is 4.00. The van der Waals surface area contributed by atoms with E-state index in [4.69, 9.17) is 10.6 Å². The lowest BCUT2D eigenvalue weighted by Gasteiger charge is -2.24. The number of allylic oxidation sites excluding steroid dienone is 1. The molecule has 0 aromatic carbocycles. The maximum Gasteiger partial charge on any atom is 0.0594 e. The van der Waals surface area contributed by atoms with Gasteiger partial charge in [-0.2, -0.15) is 0 Å². The van der Waals surface area contributed by atoms with Crippen molar-refractivity contribution in [3.63, 3.8) is 0 Å². The van der Waals surface area contributed by atoms with E-state index in [0.29, 0.717) is 12.1 Å². The van der Waals surface area contributed by atoms with Crippen LogP contribution in [0, 0.1) is 0 Å². The van der Waals surface area contributed by atoms with Crippen molar-refractivity contribution in [3.8, 4) is 0 Å². The summed E-state index contributed by atoms with van der Waals surface area (Å²) in [7, 11) is 0. The summed E-state index contributed by atoms with van der Waals surface area (Å²) in [4.78, 5) is 0. The Bertz CT molecular complexity index is 247. The number of hydrogen-bond donors (Lipinski definition) is 2. The summed E-state index contributed by atoms with van der Waals surface area (Å²) in [5.41, 5.74) is 4.51. The molecular formula is C14H26N2O. The van der Waals surface area contributed by atoms with Crippen LogP contribution in [0.2, 0.25) is 0 Å². The highest BCUT2D eigenvalue weighted by molar-refractivity contribution is 5.12. The van der Waals surface area contributed by atoms with Crippen molar-refractivity contribution >= 4 is 0 Å². The van der Waals surface area contributed by atoms with Gasteiger partial charge in [-0.1, -0.05) is 24.5 Å². The average Bonchev–Trinajstić information content (AvgIpc) is 2.79. The fourth-order valence-electron chi connectivity index (χ4n) is 2.95. The first-order chi connectivity index (χ1) is 8.40. The van der Waals surface area contributed by atoms with Gasteiger partial charge in [0.2, 0.25) is 0 Å². The lowest BCUT2D eigenvalue weighted by Crippen LogP contribution is -2.39. The maximum absolute atomic E-state index is 5.73. The predicted molar refractivity (Wildman–Crippen MR) is 70.5 cm³/mol. The van der Waals surface area contributed by atoms with Gasteiger partial charge in [-0.25, -0.2) is 0 Å². The SMILES string of the molecule is NNC(CC1CCCO1)C1=CCCCCCC1. The summed E-state index contributed by atoms with van der Waals surface area (Å²) in [5.74, 6) is 5.73. The Kier molecular flexibility index (Phi) is 5.49. The summed E-state index contributed by atoms with van der Waals surface area (Å²) in [6.07, 6.45) is 14.1. The van der Waals surface area contributed by atoms with Crippen molar-refractivity contribution in [1.82, 2.24) is 5.43 Å². The normalized spacial score (nSPS) is 28.3. The Morgan fingerprint density at radius 3 is 2.94 bits per heavy atom. The Hall–Kier alpha value is -0.380. The van der Waals surface area contributed by atoms with Gasteiger partial charge in [-0.3, -0.25) is 11.3 Å². The van der Waals surface area contributed by atoms with Gasteiger partial charge in [0.1, 0.15) is 0 Å². The number of nitrogens with two attached hydrogens (primary N) is 1. The molecule has 98 valence electrons. The van der Waals surface area contributed by atoms with Crippen LogP contribution >= 0.6 is 0 Å². The molecule has 2 rings (SSSR count). The van der Waals surface area contributed by atoms with E-state index in [2.05, 4.69) is 11.5 Å². The predicted octanol–water partition coefficient (Wildman–Crippen LogP) is 2.67. The van der Waals surface area contributed by atoms with Crippen LogP contribution in [0.25, 0.3) is 0 Å². The maximum atomic E-state index is 5.73. The molecule has 1 aliphatic carbocycles.